The van der Waals surface area contributed by atoms with E-state index < -0.39 is 5.41 Å². The van der Waals surface area contributed by atoms with Crippen molar-refractivity contribution in [3.8, 4) is 22.6 Å². The fraction of sp³-hybridized carbons (Fsp3) is 0.351. The standard InChI is InChI=1S/C37H42O2/c1-5-13-25-21-29(22-26(14-6-2)35(25)38)37(30-23-27(15-7-3)36(39)28(24-30)16-8-4)33-19-11-9-17-31(33)32-18-10-12-20-34(32)37/h9-12,17-24,38-39H,5-8,13-16H2,1-4H3. The van der Waals surface area contributed by atoms with Crippen LogP contribution in [-0.2, 0) is 31.1 Å². The minimum Gasteiger partial charge on any atom is -0.507 e. The minimum atomic E-state index is -0.537. The van der Waals surface area contributed by atoms with E-state index >= 15 is 0 Å². The summed E-state index contributed by atoms with van der Waals surface area (Å²) >= 11 is 0. The molecule has 1 aliphatic rings. The number of aryl methyl sites for hydroxylation is 4. The van der Waals surface area contributed by atoms with E-state index in [2.05, 4.69) is 100 Å². The molecule has 4 aromatic carbocycles. The molecule has 0 saturated heterocycles. The fourth-order valence-corrected chi connectivity index (χ4v) is 6.82. The van der Waals surface area contributed by atoms with Crippen LogP contribution in [0.4, 0.5) is 0 Å². The van der Waals surface area contributed by atoms with E-state index in [4.69, 9.17) is 0 Å². The van der Waals surface area contributed by atoms with Gasteiger partial charge in [-0.3, -0.25) is 0 Å². The van der Waals surface area contributed by atoms with Crippen molar-refractivity contribution in [2.45, 2.75) is 84.5 Å². The Morgan fingerprint density at radius 3 is 1.10 bits per heavy atom. The lowest BCUT2D eigenvalue weighted by molar-refractivity contribution is 0.458. The molecule has 0 atom stereocenters. The summed E-state index contributed by atoms with van der Waals surface area (Å²) in [6.45, 7) is 8.70. The number of fused-ring (bicyclic) bond motifs is 3. The number of phenolic OH excluding ortho intramolecular Hbond substituents is 2. The molecule has 0 unspecified atom stereocenters. The number of phenols is 2. The Labute approximate surface area is 234 Å². The van der Waals surface area contributed by atoms with E-state index in [-0.39, 0.29) is 0 Å². The third kappa shape index (κ3) is 4.44. The summed E-state index contributed by atoms with van der Waals surface area (Å²) in [7, 11) is 0. The molecular formula is C37H42O2. The van der Waals surface area contributed by atoms with Gasteiger partial charge in [-0.1, -0.05) is 126 Å². The van der Waals surface area contributed by atoms with Crippen LogP contribution in [0, 0.1) is 0 Å². The molecule has 2 nitrogen and oxygen atoms in total. The molecule has 2 heteroatoms. The lowest BCUT2D eigenvalue weighted by Crippen LogP contribution is -2.29. The summed E-state index contributed by atoms with van der Waals surface area (Å²) in [6, 6.07) is 26.7. The maximum absolute atomic E-state index is 11.3. The molecule has 0 bridgehead atoms. The van der Waals surface area contributed by atoms with Gasteiger partial charge in [0.05, 0.1) is 5.41 Å². The first kappa shape index (κ1) is 27.1. The zero-order chi connectivity index (χ0) is 27.6. The maximum Gasteiger partial charge on any atom is 0.121 e. The Morgan fingerprint density at radius 1 is 0.487 bits per heavy atom. The molecule has 39 heavy (non-hydrogen) atoms. The predicted octanol–water partition coefficient (Wildman–Crippen LogP) is 9.27. The van der Waals surface area contributed by atoms with Gasteiger partial charge in [0.2, 0.25) is 0 Å². The highest BCUT2D eigenvalue weighted by Gasteiger charge is 2.46. The zero-order valence-corrected chi connectivity index (χ0v) is 24.0. The molecule has 0 aliphatic heterocycles. The minimum absolute atomic E-state index is 0.459. The molecule has 1 aliphatic carbocycles. The fourth-order valence-electron chi connectivity index (χ4n) is 6.82. The van der Waals surface area contributed by atoms with Gasteiger partial charge in [0.1, 0.15) is 11.5 Å². The number of rotatable bonds is 10. The van der Waals surface area contributed by atoms with Crippen molar-refractivity contribution in [3.05, 3.63) is 117 Å². The van der Waals surface area contributed by atoms with Gasteiger partial charge in [-0.15, -0.1) is 0 Å². The molecule has 0 heterocycles. The van der Waals surface area contributed by atoms with Gasteiger partial charge in [0.25, 0.3) is 0 Å². The number of hydrogen-bond donors (Lipinski definition) is 2. The van der Waals surface area contributed by atoms with Crippen molar-refractivity contribution < 1.29 is 10.2 Å². The summed E-state index contributed by atoms with van der Waals surface area (Å²) < 4.78 is 0. The van der Waals surface area contributed by atoms with Crippen molar-refractivity contribution in [1.29, 1.82) is 0 Å². The molecule has 0 radical (unpaired) electrons. The first-order chi connectivity index (χ1) is 19.0. The van der Waals surface area contributed by atoms with Crippen LogP contribution in [-0.4, -0.2) is 10.2 Å². The molecule has 0 spiro atoms. The highest BCUT2D eigenvalue weighted by molar-refractivity contribution is 5.86. The van der Waals surface area contributed by atoms with E-state index in [1.807, 2.05) is 0 Å². The third-order valence-electron chi connectivity index (χ3n) is 8.43. The SMILES string of the molecule is CCCc1cc(C2(c3cc(CCC)c(O)c(CCC)c3)c3ccccc3-c3ccccc32)cc(CCC)c1O. The van der Waals surface area contributed by atoms with E-state index in [0.717, 1.165) is 73.6 Å². The zero-order valence-electron chi connectivity index (χ0n) is 24.0. The smallest absolute Gasteiger partial charge is 0.121 e. The first-order valence-electron chi connectivity index (χ1n) is 14.9. The molecule has 5 rings (SSSR count). The van der Waals surface area contributed by atoms with E-state index in [1.165, 1.54) is 33.4 Å². The molecule has 0 fully saturated rings. The number of hydrogen-bond acceptors (Lipinski definition) is 2. The van der Waals surface area contributed by atoms with Crippen LogP contribution < -0.4 is 0 Å². The summed E-state index contributed by atoms with van der Waals surface area (Å²) in [5.74, 6) is 0.919. The van der Waals surface area contributed by atoms with Crippen LogP contribution in [0.15, 0.2) is 72.8 Å². The van der Waals surface area contributed by atoms with Crippen LogP contribution in [0.2, 0.25) is 0 Å². The van der Waals surface area contributed by atoms with Crippen molar-refractivity contribution in [2.75, 3.05) is 0 Å². The molecule has 0 aromatic heterocycles. The molecule has 0 amide bonds. The second kappa shape index (κ2) is 11.3. The molecule has 2 N–H and O–H groups in total. The largest absolute Gasteiger partial charge is 0.507 e. The van der Waals surface area contributed by atoms with Crippen molar-refractivity contribution in [3.63, 3.8) is 0 Å². The Bertz CT molecular complexity index is 1310. The Balaban J connectivity index is 1.95. The van der Waals surface area contributed by atoms with Crippen molar-refractivity contribution in [1.82, 2.24) is 0 Å². The Kier molecular flexibility index (Phi) is 7.84. The van der Waals surface area contributed by atoms with Gasteiger partial charge in [-0.2, -0.15) is 0 Å². The Hall–Kier alpha value is -3.52. The first-order valence-corrected chi connectivity index (χ1v) is 14.9. The number of aromatic hydroxyl groups is 2. The van der Waals surface area contributed by atoms with Crippen LogP contribution >= 0.6 is 0 Å². The van der Waals surface area contributed by atoms with E-state index in [0.29, 0.717) is 11.5 Å². The lowest BCUT2D eigenvalue weighted by atomic mass is 9.66. The van der Waals surface area contributed by atoms with Crippen molar-refractivity contribution >= 4 is 0 Å². The Morgan fingerprint density at radius 2 is 0.795 bits per heavy atom. The average molecular weight is 519 g/mol. The lowest BCUT2D eigenvalue weighted by Gasteiger charge is -2.36. The van der Waals surface area contributed by atoms with E-state index in [1.54, 1.807) is 0 Å². The highest BCUT2D eigenvalue weighted by Crippen LogP contribution is 2.57. The topological polar surface area (TPSA) is 40.5 Å². The maximum atomic E-state index is 11.3. The second-order valence-corrected chi connectivity index (χ2v) is 11.1. The third-order valence-corrected chi connectivity index (χ3v) is 8.43. The van der Waals surface area contributed by atoms with Crippen LogP contribution in [0.1, 0.15) is 97.9 Å². The monoisotopic (exact) mass is 518 g/mol. The van der Waals surface area contributed by atoms with Crippen LogP contribution in [0.5, 0.6) is 11.5 Å². The van der Waals surface area contributed by atoms with E-state index in [9.17, 15) is 10.2 Å². The summed E-state index contributed by atoms with van der Waals surface area (Å²) in [6.07, 6.45) is 7.26. The molecule has 0 saturated carbocycles. The molecule has 202 valence electrons. The van der Waals surface area contributed by atoms with Gasteiger partial charge in [-0.05, 0) is 81.3 Å². The highest BCUT2D eigenvalue weighted by atomic mass is 16.3. The van der Waals surface area contributed by atoms with Crippen molar-refractivity contribution in [2.24, 2.45) is 0 Å². The summed E-state index contributed by atoms with van der Waals surface area (Å²) in [5, 5.41) is 22.6. The average Bonchev–Trinajstić information content (AvgIpc) is 3.25. The number of benzene rings is 4. The van der Waals surface area contributed by atoms with Gasteiger partial charge < -0.3 is 10.2 Å². The van der Waals surface area contributed by atoms with Gasteiger partial charge in [0, 0.05) is 0 Å². The summed E-state index contributed by atoms with van der Waals surface area (Å²) in [5.41, 5.74) is 11.1. The van der Waals surface area contributed by atoms with Crippen LogP contribution in [0.3, 0.4) is 0 Å². The van der Waals surface area contributed by atoms with Gasteiger partial charge in [-0.25, -0.2) is 0 Å². The predicted molar refractivity (Wildman–Crippen MR) is 163 cm³/mol. The molecular weight excluding hydrogens is 476 g/mol. The normalized spacial score (nSPS) is 13.3. The second-order valence-electron chi connectivity index (χ2n) is 11.1. The van der Waals surface area contributed by atoms with Gasteiger partial charge in [0.15, 0.2) is 0 Å². The van der Waals surface area contributed by atoms with Gasteiger partial charge >= 0.3 is 0 Å². The summed E-state index contributed by atoms with van der Waals surface area (Å²) in [4.78, 5) is 0. The quantitative estimate of drug-likeness (QED) is 0.193. The van der Waals surface area contributed by atoms with Crippen LogP contribution in [0.25, 0.3) is 11.1 Å². The molecule has 4 aromatic rings.